The maximum Gasteiger partial charge on any atom is 0.269 e. The van der Waals surface area contributed by atoms with E-state index in [0.717, 1.165) is 5.56 Å². The molecule has 2 unspecified atom stereocenters. The summed E-state index contributed by atoms with van der Waals surface area (Å²) in [6.07, 6.45) is 0.218. The van der Waals surface area contributed by atoms with Gasteiger partial charge in [0.15, 0.2) is 11.5 Å². The maximum absolute atomic E-state index is 12.5. The highest BCUT2D eigenvalue weighted by molar-refractivity contribution is 5.95. The van der Waals surface area contributed by atoms with Crippen LogP contribution >= 0.6 is 0 Å². The van der Waals surface area contributed by atoms with Gasteiger partial charge in [-0.05, 0) is 23.8 Å². The molecule has 27 heavy (non-hydrogen) atoms. The Balaban J connectivity index is 1.65. The summed E-state index contributed by atoms with van der Waals surface area (Å²) in [6.45, 7) is 0. The van der Waals surface area contributed by atoms with Gasteiger partial charge in [0.25, 0.3) is 11.6 Å². The van der Waals surface area contributed by atoms with Gasteiger partial charge in [-0.1, -0.05) is 12.1 Å². The molecule has 1 aliphatic heterocycles. The number of non-ortho nitro benzene ring substituents is 1. The van der Waals surface area contributed by atoms with Crippen LogP contribution in [0.2, 0.25) is 0 Å². The summed E-state index contributed by atoms with van der Waals surface area (Å²) in [5.74, 6) is 0.743. The third-order valence-electron chi connectivity index (χ3n) is 4.34. The van der Waals surface area contributed by atoms with Crippen LogP contribution in [-0.2, 0) is 0 Å². The Morgan fingerprint density at radius 1 is 1.15 bits per heavy atom. The number of methoxy groups -OCH3 is 2. The van der Waals surface area contributed by atoms with Gasteiger partial charge < -0.3 is 14.8 Å². The van der Waals surface area contributed by atoms with Gasteiger partial charge in [0.2, 0.25) is 0 Å². The third-order valence-corrected chi connectivity index (χ3v) is 4.34. The molecule has 1 amide bonds. The van der Waals surface area contributed by atoms with E-state index in [9.17, 15) is 14.9 Å². The quantitative estimate of drug-likeness (QED) is 0.524. The van der Waals surface area contributed by atoms with Gasteiger partial charge in [-0.2, -0.15) is 0 Å². The first-order valence-electron chi connectivity index (χ1n) is 8.30. The molecule has 1 aliphatic rings. The molecule has 1 saturated heterocycles. The molecule has 0 saturated carbocycles. The van der Waals surface area contributed by atoms with E-state index in [1.807, 2.05) is 6.07 Å². The molecular weight excluding hydrogens is 352 g/mol. The Kier molecular flexibility index (Phi) is 5.53. The van der Waals surface area contributed by atoms with E-state index in [1.54, 1.807) is 24.3 Å². The summed E-state index contributed by atoms with van der Waals surface area (Å²) in [5.41, 5.74) is 7.30. The van der Waals surface area contributed by atoms with E-state index < -0.39 is 4.92 Å². The first kappa shape index (κ1) is 18.6. The number of benzene rings is 2. The lowest BCUT2D eigenvalue weighted by Crippen LogP contribution is -2.44. The highest BCUT2D eigenvalue weighted by Crippen LogP contribution is 2.28. The standard InChI is InChI=1S/C18H20N4O5/c1-26-15-7-6-12(9-16(15)27-2)18(23)19-17-10-14(20-21-17)11-4-3-5-13(8-11)22(24)25/h3-9,14,17,20-21H,10H2,1-2H3,(H,19,23). The minimum absolute atomic E-state index is 0.0344. The number of hydrogen-bond acceptors (Lipinski definition) is 7. The monoisotopic (exact) mass is 372 g/mol. The van der Waals surface area contributed by atoms with Crippen molar-refractivity contribution >= 4 is 11.6 Å². The molecule has 3 N–H and O–H groups in total. The number of hydrogen-bond donors (Lipinski definition) is 3. The van der Waals surface area contributed by atoms with E-state index in [0.29, 0.717) is 23.5 Å². The first-order valence-corrected chi connectivity index (χ1v) is 8.30. The van der Waals surface area contributed by atoms with Crippen LogP contribution in [0.4, 0.5) is 5.69 Å². The molecule has 2 atom stereocenters. The fraction of sp³-hybridized carbons (Fsp3) is 0.278. The molecule has 0 aromatic heterocycles. The number of amides is 1. The first-order chi connectivity index (χ1) is 13.0. The zero-order valence-electron chi connectivity index (χ0n) is 14.9. The third kappa shape index (κ3) is 4.15. The summed E-state index contributed by atoms with van der Waals surface area (Å²) < 4.78 is 10.4. The Labute approximate surface area is 155 Å². The average Bonchev–Trinajstić information content (AvgIpc) is 3.15. The Bertz CT molecular complexity index is 857. The molecule has 142 valence electrons. The average molecular weight is 372 g/mol. The summed E-state index contributed by atoms with van der Waals surface area (Å²) >= 11 is 0. The van der Waals surface area contributed by atoms with Crippen LogP contribution in [0.5, 0.6) is 11.5 Å². The van der Waals surface area contributed by atoms with E-state index in [4.69, 9.17) is 9.47 Å². The highest BCUT2D eigenvalue weighted by atomic mass is 16.6. The maximum atomic E-state index is 12.5. The SMILES string of the molecule is COc1ccc(C(=O)NC2CC(c3cccc([N+](=O)[O-])c3)NN2)cc1OC. The van der Waals surface area contributed by atoms with Gasteiger partial charge >= 0.3 is 0 Å². The molecule has 1 heterocycles. The van der Waals surface area contributed by atoms with Gasteiger partial charge in [-0.25, -0.2) is 10.9 Å². The van der Waals surface area contributed by atoms with E-state index >= 15 is 0 Å². The lowest BCUT2D eigenvalue weighted by atomic mass is 10.0. The van der Waals surface area contributed by atoms with Crippen LogP contribution in [0, 0.1) is 10.1 Å². The normalized spacial score (nSPS) is 18.7. The number of rotatable bonds is 6. The molecular formula is C18H20N4O5. The summed E-state index contributed by atoms with van der Waals surface area (Å²) in [5, 5.41) is 13.8. The second-order valence-corrected chi connectivity index (χ2v) is 6.02. The number of nitrogens with one attached hydrogen (secondary N) is 3. The number of ether oxygens (including phenoxy) is 2. The second-order valence-electron chi connectivity index (χ2n) is 6.02. The van der Waals surface area contributed by atoms with Crippen molar-refractivity contribution in [1.29, 1.82) is 0 Å². The molecule has 1 fully saturated rings. The van der Waals surface area contributed by atoms with Gasteiger partial charge in [0.1, 0.15) is 0 Å². The van der Waals surface area contributed by atoms with Crippen molar-refractivity contribution in [3.63, 3.8) is 0 Å². The van der Waals surface area contributed by atoms with Crippen molar-refractivity contribution in [2.75, 3.05) is 14.2 Å². The summed E-state index contributed by atoms with van der Waals surface area (Å²) in [4.78, 5) is 23.0. The van der Waals surface area contributed by atoms with Crippen LogP contribution in [0.3, 0.4) is 0 Å². The highest BCUT2D eigenvalue weighted by Gasteiger charge is 2.27. The zero-order chi connectivity index (χ0) is 19.4. The second kappa shape index (κ2) is 8.02. The van der Waals surface area contributed by atoms with Crippen LogP contribution in [0.15, 0.2) is 42.5 Å². The Morgan fingerprint density at radius 2 is 1.93 bits per heavy atom. The summed E-state index contributed by atoms with van der Waals surface area (Å²) in [7, 11) is 3.03. The van der Waals surface area contributed by atoms with Crippen LogP contribution in [-0.4, -0.2) is 31.2 Å². The van der Waals surface area contributed by atoms with Crippen molar-refractivity contribution in [2.24, 2.45) is 0 Å². The molecule has 9 nitrogen and oxygen atoms in total. The van der Waals surface area contributed by atoms with E-state index in [1.165, 1.54) is 26.4 Å². The lowest BCUT2D eigenvalue weighted by Gasteiger charge is -2.14. The molecule has 9 heteroatoms. The van der Waals surface area contributed by atoms with Gasteiger partial charge in [-0.15, -0.1) is 0 Å². The Hall–Kier alpha value is -3.17. The number of hydrazine groups is 1. The molecule has 0 aliphatic carbocycles. The molecule has 2 aromatic carbocycles. The van der Waals surface area contributed by atoms with Crippen molar-refractivity contribution in [3.8, 4) is 11.5 Å². The molecule has 0 spiro atoms. The molecule has 3 rings (SSSR count). The zero-order valence-corrected chi connectivity index (χ0v) is 14.9. The van der Waals surface area contributed by atoms with Gasteiger partial charge in [0.05, 0.1) is 25.3 Å². The Morgan fingerprint density at radius 3 is 2.63 bits per heavy atom. The number of nitro groups is 1. The number of carbonyl (C=O) groups is 1. The minimum atomic E-state index is -0.428. The summed E-state index contributed by atoms with van der Waals surface area (Å²) in [6, 6.07) is 11.2. The number of carbonyl (C=O) groups excluding carboxylic acids is 1. The van der Waals surface area contributed by atoms with Crippen LogP contribution in [0.25, 0.3) is 0 Å². The van der Waals surface area contributed by atoms with Crippen LogP contribution in [0.1, 0.15) is 28.4 Å². The topological polar surface area (TPSA) is 115 Å². The molecule has 2 aromatic rings. The van der Waals surface area contributed by atoms with Crippen molar-refractivity contribution in [2.45, 2.75) is 18.6 Å². The molecule has 0 radical (unpaired) electrons. The van der Waals surface area contributed by atoms with E-state index in [-0.39, 0.29) is 23.8 Å². The van der Waals surface area contributed by atoms with Gasteiger partial charge in [0, 0.05) is 30.2 Å². The van der Waals surface area contributed by atoms with Gasteiger partial charge in [-0.3, -0.25) is 14.9 Å². The number of nitrogens with zero attached hydrogens (tertiary/aromatic N) is 1. The molecule has 0 bridgehead atoms. The lowest BCUT2D eigenvalue weighted by molar-refractivity contribution is -0.384. The van der Waals surface area contributed by atoms with E-state index in [2.05, 4.69) is 16.2 Å². The van der Waals surface area contributed by atoms with Crippen molar-refractivity contribution in [3.05, 3.63) is 63.7 Å². The smallest absolute Gasteiger partial charge is 0.269 e. The number of nitro benzene ring substituents is 1. The fourth-order valence-electron chi connectivity index (χ4n) is 2.94. The van der Waals surface area contributed by atoms with Crippen molar-refractivity contribution in [1.82, 2.24) is 16.2 Å². The largest absolute Gasteiger partial charge is 0.493 e. The predicted molar refractivity (Wildman–Crippen MR) is 97.5 cm³/mol. The van der Waals surface area contributed by atoms with Crippen LogP contribution < -0.4 is 25.6 Å². The van der Waals surface area contributed by atoms with Crippen molar-refractivity contribution < 1.29 is 19.2 Å². The predicted octanol–water partition coefficient (Wildman–Crippen LogP) is 1.91. The minimum Gasteiger partial charge on any atom is -0.493 e. The fourth-order valence-corrected chi connectivity index (χ4v) is 2.94.